The summed E-state index contributed by atoms with van der Waals surface area (Å²) in [5, 5.41) is 21.4. The maximum absolute atomic E-state index is 13.1. The molecule has 16 heavy (non-hydrogen) atoms. The van der Waals surface area contributed by atoms with Crippen LogP contribution in [-0.4, -0.2) is 29.0 Å². The van der Waals surface area contributed by atoms with Crippen molar-refractivity contribution in [1.82, 2.24) is 0 Å². The fraction of sp³-hybridized carbons (Fsp3) is 0.455. The molecule has 0 heterocycles. The Morgan fingerprint density at radius 1 is 1.31 bits per heavy atom. The minimum atomic E-state index is -0.847. The summed E-state index contributed by atoms with van der Waals surface area (Å²) in [6, 6.07) is 4.03. The lowest BCUT2D eigenvalue weighted by Gasteiger charge is -2.31. The van der Waals surface area contributed by atoms with Crippen LogP contribution in [0.4, 0.5) is 15.8 Å². The predicted octanol–water partition coefficient (Wildman–Crippen LogP) is 0.953. The van der Waals surface area contributed by atoms with E-state index in [9.17, 15) is 14.6 Å². The lowest BCUT2D eigenvalue weighted by atomic mass is 9.98. The maximum atomic E-state index is 13.1. The van der Waals surface area contributed by atoms with Crippen LogP contribution in [0.3, 0.4) is 0 Å². The van der Waals surface area contributed by atoms with Crippen LogP contribution < -0.4 is 11.1 Å². The number of halogens is 1. The molecule has 1 rings (SSSR count). The quantitative estimate of drug-likeness (QED) is 0.566. The van der Waals surface area contributed by atoms with Gasteiger partial charge in [0, 0.05) is 11.4 Å². The number of hydrogen-bond donors (Lipinski definition) is 4. The number of nitrogen functional groups attached to an aromatic ring is 1. The highest BCUT2D eigenvalue weighted by atomic mass is 19.1. The van der Waals surface area contributed by atoms with E-state index in [1.54, 1.807) is 6.07 Å². The third-order valence-corrected chi connectivity index (χ3v) is 2.61. The van der Waals surface area contributed by atoms with Crippen LogP contribution in [0.15, 0.2) is 18.2 Å². The summed E-state index contributed by atoms with van der Waals surface area (Å²) >= 11 is 0. The average Bonchev–Trinajstić information content (AvgIpc) is 2.25. The van der Waals surface area contributed by atoms with E-state index >= 15 is 0 Å². The van der Waals surface area contributed by atoms with E-state index in [1.807, 2.05) is 6.92 Å². The molecule has 1 aromatic rings. The third kappa shape index (κ3) is 2.84. The van der Waals surface area contributed by atoms with Crippen molar-refractivity contribution >= 4 is 11.4 Å². The molecule has 0 unspecified atom stereocenters. The zero-order valence-corrected chi connectivity index (χ0v) is 9.20. The Morgan fingerprint density at radius 2 is 1.94 bits per heavy atom. The molecule has 0 bridgehead atoms. The second-order valence-electron chi connectivity index (χ2n) is 3.85. The first-order chi connectivity index (χ1) is 7.55. The summed E-state index contributed by atoms with van der Waals surface area (Å²) in [5.41, 5.74) is 5.39. The topological polar surface area (TPSA) is 78.5 Å². The highest BCUT2D eigenvalue weighted by Gasteiger charge is 2.26. The molecule has 0 spiro atoms. The molecule has 90 valence electrons. The van der Waals surface area contributed by atoms with Crippen molar-refractivity contribution in [3.8, 4) is 0 Å². The lowest BCUT2D eigenvalue weighted by molar-refractivity contribution is 0.132. The summed E-state index contributed by atoms with van der Waals surface area (Å²) in [7, 11) is 0. The van der Waals surface area contributed by atoms with Gasteiger partial charge in [-0.1, -0.05) is 6.92 Å². The van der Waals surface area contributed by atoms with Crippen LogP contribution in [-0.2, 0) is 0 Å². The first kappa shape index (κ1) is 12.7. The molecule has 0 saturated heterocycles. The molecule has 0 aromatic heterocycles. The number of rotatable bonds is 5. The van der Waals surface area contributed by atoms with Crippen LogP contribution in [0.1, 0.15) is 13.3 Å². The number of aliphatic hydroxyl groups is 2. The Kier molecular flexibility index (Phi) is 4.09. The van der Waals surface area contributed by atoms with Gasteiger partial charge in [0.15, 0.2) is 0 Å². The number of aliphatic hydroxyl groups excluding tert-OH is 2. The number of benzene rings is 1. The summed E-state index contributed by atoms with van der Waals surface area (Å²) in [4.78, 5) is 0. The van der Waals surface area contributed by atoms with Gasteiger partial charge in [0.05, 0.1) is 18.8 Å². The fourth-order valence-corrected chi connectivity index (χ4v) is 1.43. The van der Waals surface area contributed by atoms with E-state index in [4.69, 9.17) is 5.73 Å². The second kappa shape index (κ2) is 5.14. The van der Waals surface area contributed by atoms with Crippen LogP contribution in [0.2, 0.25) is 0 Å². The largest absolute Gasteiger partial charge is 0.399 e. The van der Waals surface area contributed by atoms with E-state index in [-0.39, 0.29) is 13.2 Å². The number of nitrogens with one attached hydrogen (secondary N) is 1. The molecule has 5 N–H and O–H groups in total. The summed E-state index contributed by atoms with van der Waals surface area (Å²) < 4.78 is 13.1. The fourth-order valence-electron chi connectivity index (χ4n) is 1.43. The van der Waals surface area contributed by atoms with Crippen molar-refractivity contribution < 1.29 is 14.6 Å². The Labute approximate surface area is 93.9 Å². The zero-order chi connectivity index (χ0) is 12.2. The minimum absolute atomic E-state index is 0.240. The molecule has 4 nitrogen and oxygen atoms in total. The predicted molar refractivity (Wildman–Crippen MR) is 61.6 cm³/mol. The molecule has 0 aliphatic rings. The first-order valence-electron chi connectivity index (χ1n) is 5.11. The average molecular weight is 228 g/mol. The molecular weight excluding hydrogens is 211 g/mol. The summed E-state index contributed by atoms with van der Waals surface area (Å²) in [5.74, 6) is -0.455. The summed E-state index contributed by atoms with van der Waals surface area (Å²) in [6.45, 7) is 1.34. The van der Waals surface area contributed by atoms with Crippen molar-refractivity contribution in [2.24, 2.45) is 0 Å². The molecule has 1 aromatic carbocycles. The van der Waals surface area contributed by atoms with Gasteiger partial charge in [0.25, 0.3) is 0 Å². The molecule has 5 heteroatoms. The SMILES string of the molecule is CCC(CO)(CO)Nc1cc(N)cc(F)c1. The van der Waals surface area contributed by atoms with Gasteiger partial charge in [-0.15, -0.1) is 0 Å². The molecule has 0 atom stereocenters. The molecule has 0 aliphatic carbocycles. The van der Waals surface area contributed by atoms with Gasteiger partial charge in [-0.25, -0.2) is 4.39 Å². The standard InChI is InChI=1S/C11H17FN2O2/c1-2-11(6-15,7-16)14-10-4-8(12)3-9(13)5-10/h3-5,14-16H,2,6-7,13H2,1H3. The van der Waals surface area contributed by atoms with Crippen molar-refractivity contribution in [3.63, 3.8) is 0 Å². The molecule has 0 radical (unpaired) electrons. The monoisotopic (exact) mass is 228 g/mol. The highest BCUT2D eigenvalue weighted by Crippen LogP contribution is 2.21. The zero-order valence-electron chi connectivity index (χ0n) is 9.20. The van der Waals surface area contributed by atoms with Crippen molar-refractivity contribution in [2.45, 2.75) is 18.9 Å². The Morgan fingerprint density at radius 3 is 2.38 bits per heavy atom. The second-order valence-corrected chi connectivity index (χ2v) is 3.85. The minimum Gasteiger partial charge on any atom is -0.399 e. The number of nitrogens with two attached hydrogens (primary N) is 1. The van der Waals surface area contributed by atoms with Crippen molar-refractivity contribution in [3.05, 3.63) is 24.0 Å². The van der Waals surface area contributed by atoms with Gasteiger partial charge in [0.1, 0.15) is 5.82 Å². The van der Waals surface area contributed by atoms with Gasteiger partial charge in [-0.3, -0.25) is 0 Å². The van der Waals surface area contributed by atoms with E-state index < -0.39 is 11.4 Å². The van der Waals surface area contributed by atoms with Gasteiger partial charge < -0.3 is 21.3 Å². The third-order valence-electron chi connectivity index (χ3n) is 2.61. The van der Waals surface area contributed by atoms with Crippen LogP contribution in [0.25, 0.3) is 0 Å². The van der Waals surface area contributed by atoms with E-state index in [2.05, 4.69) is 5.32 Å². The Hall–Kier alpha value is -1.33. The Balaban J connectivity index is 2.93. The van der Waals surface area contributed by atoms with Crippen molar-refractivity contribution in [2.75, 3.05) is 24.3 Å². The number of hydrogen-bond acceptors (Lipinski definition) is 4. The molecule has 0 saturated carbocycles. The van der Waals surface area contributed by atoms with Gasteiger partial charge in [-0.05, 0) is 24.6 Å². The van der Waals surface area contributed by atoms with E-state index in [1.165, 1.54) is 12.1 Å². The van der Waals surface area contributed by atoms with Gasteiger partial charge in [0.2, 0.25) is 0 Å². The van der Waals surface area contributed by atoms with Gasteiger partial charge >= 0.3 is 0 Å². The van der Waals surface area contributed by atoms with Crippen LogP contribution in [0, 0.1) is 5.82 Å². The molecule has 0 fully saturated rings. The smallest absolute Gasteiger partial charge is 0.127 e. The van der Waals surface area contributed by atoms with E-state index in [0.717, 1.165) is 0 Å². The molecular formula is C11H17FN2O2. The first-order valence-corrected chi connectivity index (χ1v) is 5.11. The summed E-state index contributed by atoms with van der Waals surface area (Å²) in [6.07, 6.45) is 0.510. The van der Waals surface area contributed by atoms with Crippen LogP contribution >= 0.6 is 0 Å². The van der Waals surface area contributed by atoms with Gasteiger partial charge in [-0.2, -0.15) is 0 Å². The van der Waals surface area contributed by atoms with Crippen LogP contribution in [0.5, 0.6) is 0 Å². The molecule has 0 aliphatic heterocycles. The normalized spacial score (nSPS) is 11.5. The van der Waals surface area contributed by atoms with Crippen molar-refractivity contribution in [1.29, 1.82) is 0 Å². The van der Waals surface area contributed by atoms with E-state index in [0.29, 0.717) is 17.8 Å². The molecule has 0 amide bonds. The lowest BCUT2D eigenvalue weighted by Crippen LogP contribution is -2.45. The number of anilines is 2. The highest BCUT2D eigenvalue weighted by molar-refractivity contribution is 5.56. The maximum Gasteiger partial charge on any atom is 0.127 e. The Bertz CT molecular complexity index is 325.